The van der Waals surface area contributed by atoms with Gasteiger partial charge < -0.3 is 4.57 Å². The Hall–Kier alpha value is -0.690. The summed E-state index contributed by atoms with van der Waals surface area (Å²) in [5.74, 6) is 0. The van der Waals surface area contributed by atoms with Gasteiger partial charge in [-0.05, 0) is 44.7 Å². The second kappa shape index (κ2) is 3.15. The van der Waals surface area contributed by atoms with Crippen molar-refractivity contribution in [1.29, 1.82) is 0 Å². The molecule has 0 unspecified atom stereocenters. The van der Waals surface area contributed by atoms with E-state index in [1.807, 2.05) is 19.1 Å². The molecule has 1 heterocycles. The Balaban J connectivity index is 2.01. The van der Waals surface area contributed by atoms with Crippen LogP contribution in [-0.4, -0.2) is 21.5 Å². The predicted molar refractivity (Wildman–Crippen MR) is 60.1 cm³/mol. The van der Waals surface area contributed by atoms with E-state index in [0.29, 0.717) is 11.3 Å². The van der Waals surface area contributed by atoms with E-state index in [1.54, 1.807) is 0 Å². The van der Waals surface area contributed by atoms with Crippen LogP contribution in [0.3, 0.4) is 0 Å². The fourth-order valence-corrected chi connectivity index (χ4v) is 5.84. The number of aromatic nitrogens is 2. The number of hydrogen-bond donors (Lipinski definition) is 0. The SMILES string of the molecule is Cc1ccc(P(=O)(C2CC2)C2CC2)nn1. The highest BCUT2D eigenvalue weighted by atomic mass is 31.2. The lowest BCUT2D eigenvalue weighted by molar-refractivity contribution is 0.578. The summed E-state index contributed by atoms with van der Waals surface area (Å²) >= 11 is 0. The summed E-state index contributed by atoms with van der Waals surface area (Å²) in [4.78, 5) is 0. The van der Waals surface area contributed by atoms with E-state index in [4.69, 9.17) is 0 Å². The standard InChI is InChI=1S/C11H15N2OP/c1-8-2-7-11(13-12-8)15(14,9-3-4-9)10-5-6-10/h2,7,9-10H,3-6H2,1H3. The summed E-state index contributed by atoms with van der Waals surface area (Å²) in [5.41, 5.74) is 2.55. The molecule has 0 amide bonds. The Kier molecular flexibility index (Phi) is 2.00. The second-order valence-electron chi connectivity index (χ2n) is 4.70. The molecule has 1 aromatic heterocycles. The maximum Gasteiger partial charge on any atom is 0.140 e. The molecule has 0 spiro atoms. The maximum atomic E-state index is 12.9. The molecule has 0 N–H and O–H groups in total. The Morgan fingerprint density at radius 3 is 2.13 bits per heavy atom. The van der Waals surface area contributed by atoms with Crippen molar-refractivity contribution in [2.45, 2.75) is 43.9 Å². The van der Waals surface area contributed by atoms with Crippen LogP contribution in [0.2, 0.25) is 0 Å². The van der Waals surface area contributed by atoms with Gasteiger partial charge in [-0.3, -0.25) is 0 Å². The Morgan fingerprint density at radius 1 is 1.13 bits per heavy atom. The lowest BCUT2D eigenvalue weighted by Crippen LogP contribution is -2.17. The lowest BCUT2D eigenvalue weighted by Gasteiger charge is -2.15. The Labute approximate surface area is 89.7 Å². The maximum absolute atomic E-state index is 12.9. The molecule has 3 rings (SSSR count). The van der Waals surface area contributed by atoms with Gasteiger partial charge in [-0.1, -0.05) is 0 Å². The van der Waals surface area contributed by atoms with Crippen molar-refractivity contribution in [1.82, 2.24) is 10.2 Å². The van der Waals surface area contributed by atoms with Gasteiger partial charge in [0, 0.05) is 11.3 Å². The molecule has 0 bridgehead atoms. The fourth-order valence-electron chi connectivity index (χ4n) is 2.17. The van der Waals surface area contributed by atoms with Crippen molar-refractivity contribution in [3.63, 3.8) is 0 Å². The topological polar surface area (TPSA) is 42.9 Å². The summed E-state index contributed by atoms with van der Waals surface area (Å²) in [6, 6.07) is 3.86. The van der Waals surface area contributed by atoms with Crippen LogP contribution in [0.15, 0.2) is 12.1 Å². The summed E-state index contributed by atoms with van der Waals surface area (Å²) in [6.45, 7) is 1.91. The van der Waals surface area contributed by atoms with Gasteiger partial charge in [0.2, 0.25) is 0 Å². The highest BCUT2D eigenvalue weighted by Gasteiger charge is 2.52. The first-order valence-electron chi connectivity index (χ1n) is 5.61. The van der Waals surface area contributed by atoms with Gasteiger partial charge >= 0.3 is 0 Å². The third kappa shape index (κ3) is 1.53. The van der Waals surface area contributed by atoms with Gasteiger partial charge in [0.05, 0.1) is 5.69 Å². The first kappa shape index (κ1) is 9.53. The third-order valence-corrected chi connectivity index (χ3v) is 7.48. The molecule has 2 saturated carbocycles. The van der Waals surface area contributed by atoms with Crippen LogP contribution in [0, 0.1) is 6.92 Å². The monoisotopic (exact) mass is 222 g/mol. The Bertz CT molecular complexity index is 405. The van der Waals surface area contributed by atoms with Crippen LogP contribution in [0.5, 0.6) is 0 Å². The predicted octanol–water partition coefficient (Wildman–Crippen LogP) is 2.10. The first-order valence-corrected chi connectivity index (χ1v) is 7.46. The highest BCUT2D eigenvalue weighted by Crippen LogP contribution is 2.68. The van der Waals surface area contributed by atoms with Crippen LogP contribution >= 0.6 is 7.14 Å². The molecule has 15 heavy (non-hydrogen) atoms. The van der Waals surface area contributed by atoms with Crippen molar-refractivity contribution < 1.29 is 4.57 Å². The number of aryl methyl sites for hydroxylation is 1. The second-order valence-corrected chi connectivity index (χ2v) is 8.04. The van der Waals surface area contributed by atoms with E-state index in [9.17, 15) is 4.57 Å². The zero-order valence-electron chi connectivity index (χ0n) is 8.89. The van der Waals surface area contributed by atoms with E-state index in [1.165, 1.54) is 0 Å². The van der Waals surface area contributed by atoms with E-state index in [0.717, 1.165) is 36.8 Å². The average molecular weight is 222 g/mol. The van der Waals surface area contributed by atoms with Gasteiger partial charge in [-0.25, -0.2) is 0 Å². The number of hydrogen-bond acceptors (Lipinski definition) is 3. The van der Waals surface area contributed by atoms with Crippen LogP contribution in [0.25, 0.3) is 0 Å². The molecule has 3 nitrogen and oxygen atoms in total. The summed E-state index contributed by atoms with van der Waals surface area (Å²) in [5, 5.41) is 8.20. The van der Waals surface area contributed by atoms with E-state index < -0.39 is 7.14 Å². The largest absolute Gasteiger partial charge is 0.316 e. The third-order valence-electron chi connectivity index (χ3n) is 3.32. The molecule has 0 aromatic carbocycles. The minimum absolute atomic E-state index is 0.432. The van der Waals surface area contributed by atoms with Crippen LogP contribution < -0.4 is 5.44 Å². The summed E-state index contributed by atoms with van der Waals surface area (Å²) < 4.78 is 12.9. The molecular weight excluding hydrogens is 207 g/mol. The van der Waals surface area contributed by atoms with Crippen LogP contribution in [0.1, 0.15) is 31.4 Å². The summed E-state index contributed by atoms with van der Waals surface area (Å²) in [7, 11) is -2.19. The molecule has 2 fully saturated rings. The Morgan fingerprint density at radius 2 is 1.73 bits per heavy atom. The van der Waals surface area contributed by atoms with Gasteiger partial charge in [0.1, 0.15) is 12.6 Å². The van der Waals surface area contributed by atoms with Crippen LogP contribution in [-0.2, 0) is 4.57 Å². The molecule has 80 valence electrons. The van der Waals surface area contributed by atoms with Crippen molar-refractivity contribution in [2.75, 3.05) is 0 Å². The quantitative estimate of drug-likeness (QED) is 0.735. The normalized spacial score (nSPS) is 21.7. The van der Waals surface area contributed by atoms with E-state index in [-0.39, 0.29) is 0 Å². The van der Waals surface area contributed by atoms with E-state index in [2.05, 4.69) is 10.2 Å². The molecule has 1 aromatic rings. The number of rotatable bonds is 3. The zero-order chi connectivity index (χ0) is 10.5. The molecule has 0 atom stereocenters. The highest BCUT2D eigenvalue weighted by molar-refractivity contribution is 7.73. The lowest BCUT2D eigenvalue weighted by atomic mass is 10.4. The number of nitrogens with zero attached hydrogens (tertiary/aromatic N) is 2. The van der Waals surface area contributed by atoms with Gasteiger partial charge in [-0.15, -0.1) is 5.10 Å². The first-order chi connectivity index (χ1) is 7.21. The molecule has 4 heteroatoms. The minimum atomic E-state index is -2.19. The van der Waals surface area contributed by atoms with Crippen molar-refractivity contribution in [3.8, 4) is 0 Å². The average Bonchev–Trinajstić information content (AvgIpc) is 3.07. The van der Waals surface area contributed by atoms with Crippen LogP contribution in [0.4, 0.5) is 0 Å². The van der Waals surface area contributed by atoms with Gasteiger partial charge in [-0.2, -0.15) is 5.10 Å². The molecule has 2 aliphatic rings. The zero-order valence-corrected chi connectivity index (χ0v) is 9.78. The van der Waals surface area contributed by atoms with Gasteiger partial charge in [0.15, 0.2) is 0 Å². The molecule has 2 aliphatic carbocycles. The van der Waals surface area contributed by atoms with Crippen molar-refractivity contribution in [2.24, 2.45) is 0 Å². The fraction of sp³-hybridized carbons (Fsp3) is 0.636. The molecule has 0 radical (unpaired) electrons. The van der Waals surface area contributed by atoms with Crippen molar-refractivity contribution >= 4 is 12.6 Å². The smallest absolute Gasteiger partial charge is 0.140 e. The van der Waals surface area contributed by atoms with Crippen molar-refractivity contribution in [3.05, 3.63) is 17.8 Å². The van der Waals surface area contributed by atoms with E-state index >= 15 is 0 Å². The van der Waals surface area contributed by atoms with Gasteiger partial charge in [0.25, 0.3) is 0 Å². The molecular formula is C11H15N2OP. The molecule has 0 aliphatic heterocycles. The summed E-state index contributed by atoms with van der Waals surface area (Å²) in [6.07, 6.45) is 4.51. The molecule has 0 saturated heterocycles. The minimum Gasteiger partial charge on any atom is -0.316 e.